The number of rotatable bonds is 2. The lowest BCUT2D eigenvalue weighted by Crippen LogP contribution is -1.88. The van der Waals surface area contributed by atoms with Crippen molar-refractivity contribution in [1.29, 1.82) is 0 Å². The van der Waals surface area contributed by atoms with E-state index in [1.54, 1.807) is 0 Å². The average molecular weight is 557 g/mol. The summed E-state index contributed by atoms with van der Waals surface area (Å²) in [5.41, 5.74) is -3.02. The van der Waals surface area contributed by atoms with Crippen LogP contribution in [-0.4, -0.2) is 0 Å². The topological polar surface area (TPSA) is 0 Å². The number of benzene rings is 9. The summed E-state index contributed by atoms with van der Waals surface area (Å²) in [4.78, 5) is 0. The van der Waals surface area contributed by atoms with Gasteiger partial charge in [-0.2, -0.15) is 0 Å². The van der Waals surface area contributed by atoms with E-state index in [4.69, 9.17) is 24.7 Å². The summed E-state index contributed by atoms with van der Waals surface area (Å²) in [7, 11) is 0. The van der Waals surface area contributed by atoms with Gasteiger partial charge in [0, 0.05) is 0 Å². The van der Waals surface area contributed by atoms with Crippen molar-refractivity contribution in [2.45, 2.75) is 0 Å². The van der Waals surface area contributed by atoms with Crippen molar-refractivity contribution < 1.29 is 35.6 Å². The number of hydrogen-bond acceptors (Lipinski definition) is 0. The molecule has 0 aromatic heterocycles. The number of fused-ring (bicyclic) bond motifs is 8. The summed E-state index contributed by atoms with van der Waals surface area (Å²) in [6, 6.07) is -22.4. The summed E-state index contributed by atoms with van der Waals surface area (Å²) >= 11 is 0. The molecule has 0 aliphatic heterocycles. The van der Waals surface area contributed by atoms with Gasteiger partial charge in [0.25, 0.3) is 0 Å². The molecule has 0 saturated carbocycles. The van der Waals surface area contributed by atoms with E-state index in [2.05, 4.69) is 0 Å². The van der Waals surface area contributed by atoms with Crippen LogP contribution < -0.4 is 0 Å². The highest BCUT2D eigenvalue weighted by molar-refractivity contribution is 6.20. The zero-order valence-electron chi connectivity index (χ0n) is 47.0. The molecule has 0 radical (unpaired) electrons. The normalized spacial score (nSPS) is 20.5. The lowest BCUT2D eigenvalue weighted by Gasteiger charge is -2.15. The maximum Gasteiger partial charge on any atom is 0.0636 e. The molecule has 9 aromatic carbocycles. The summed E-state index contributed by atoms with van der Waals surface area (Å²) in [5.74, 6) is 0. The Morgan fingerprint density at radius 1 is 0.286 bits per heavy atom. The van der Waals surface area contributed by atoms with E-state index in [1.165, 1.54) is 0 Å². The van der Waals surface area contributed by atoms with Crippen molar-refractivity contribution in [2.75, 3.05) is 0 Å². The zero-order chi connectivity index (χ0) is 50.2. The summed E-state index contributed by atoms with van der Waals surface area (Å²) in [6.07, 6.45) is 0. The van der Waals surface area contributed by atoms with E-state index in [-0.39, 0.29) is 0 Å². The molecule has 0 bridgehead atoms. The summed E-state index contributed by atoms with van der Waals surface area (Å²) in [6.45, 7) is 0. The molecule has 9 rings (SSSR count). The van der Waals surface area contributed by atoms with E-state index >= 15 is 0 Å². The SMILES string of the molecule is [2H]c1c([2H])c(-c2c3c([2H])c([2H])c([2H])c([2H])c3c([2H])c3c2c([2H])c([2H])c2c([2H])c([2H])c([2H])c([2H])c23)c([2H])c([2H])c1-c1c([2H])c([2H])c([2H])c2c([2H])c3c(c([2H])c([2H])c4c([2H])c([2H])c([2H])c([2H])c43)c([2H])c12. The second-order valence-electron chi connectivity index (χ2n) is 9.25. The van der Waals surface area contributed by atoms with E-state index in [9.17, 15) is 11.0 Å². The van der Waals surface area contributed by atoms with Crippen LogP contribution in [0.15, 0.2) is 157 Å². The van der Waals surface area contributed by atoms with Crippen LogP contribution in [0.2, 0.25) is 0 Å². The van der Waals surface area contributed by atoms with Crippen LogP contribution >= 0.6 is 0 Å². The Balaban J connectivity index is 1.53. The van der Waals surface area contributed by atoms with Crippen molar-refractivity contribution in [3.8, 4) is 22.3 Å². The highest BCUT2D eigenvalue weighted by Gasteiger charge is 2.13. The second kappa shape index (κ2) is 9.03. The van der Waals surface area contributed by atoms with Crippen LogP contribution in [-0.2, 0) is 0 Å². The molecule has 0 nitrogen and oxygen atoms in total. The molecule has 0 aliphatic carbocycles. The van der Waals surface area contributed by atoms with Gasteiger partial charge in [-0.25, -0.2) is 0 Å². The van der Waals surface area contributed by atoms with Gasteiger partial charge in [0.1, 0.15) is 0 Å². The van der Waals surface area contributed by atoms with Crippen molar-refractivity contribution >= 4 is 64.6 Å². The Morgan fingerprint density at radius 2 is 0.786 bits per heavy atom. The van der Waals surface area contributed by atoms with E-state index in [1.807, 2.05) is 0 Å². The Labute approximate surface area is 280 Å². The molecule has 0 heterocycles. The highest BCUT2D eigenvalue weighted by Crippen LogP contribution is 2.41. The zero-order valence-corrected chi connectivity index (χ0v) is 21.0. The van der Waals surface area contributed by atoms with Gasteiger partial charge in [-0.1, -0.05) is 139 Å². The smallest absolute Gasteiger partial charge is 0.0616 e. The molecule has 194 valence electrons. The third kappa shape index (κ3) is 3.49. The van der Waals surface area contributed by atoms with Crippen LogP contribution in [0.5, 0.6) is 0 Å². The first-order valence-corrected chi connectivity index (χ1v) is 12.5. The van der Waals surface area contributed by atoms with Gasteiger partial charge in [0.2, 0.25) is 0 Å². The minimum Gasteiger partial charge on any atom is -0.0616 e. The van der Waals surface area contributed by atoms with Crippen LogP contribution in [0.1, 0.15) is 35.6 Å². The maximum absolute atomic E-state index is 9.53. The maximum atomic E-state index is 9.53. The Bertz CT molecular complexity index is 3940. The Morgan fingerprint density at radius 3 is 1.57 bits per heavy atom. The molecule has 0 saturated heterocycles. The molecule has 0 fully saturated rings. The fraction of sp³-hybridized carbons (Fsp3) is 0. The monoisotopic (exact) mass is 556 g/mol. The molecule has 0 spiro atoms. The molecule has 0 atom stereocenters. The molecule has 0 heteroatoms. The molecule has 42 heavy (non-hydrogen) atoms. The van der Waals surface area contributed by atoms with Crippen molar-refractivity contribution in [3.63, 3.8) is 0 Å². The van der Waals surface area contributed by atoms with E-state index in [0.29, 0.717) is 0 Å². The molecule has 0 unspecified atom stereocenters. The highest BCUT2D eigenvalue weighted by atomic mass is 14.2. The first-order valence-electron chi connectivity index (χ1n) is 25.5. The van der Waals surface area contributed by atoms with Crippen molar-refractivity contribution in [2.24, 2.45) is 0 Å². The summed E-state index contributed by atoms with van der Waals surface area (Å²) in [5, 5.41) is -6.66. The van der Waals surface area contributed by atoms with Crippen molar-refractivity contribution in [3.05, 3.63) is 157 Å². The lowest BCUT2D eigenvalue weighted by atomic mass is 9.89. The standard InChI is InChI=1S/C42H26/c1-4-12-34-27(8-1)18-21-33-25-39-32(24-40(33)34)11-7-15-35(39)29-16-19-30(20-17-29)42-37-14-6-3-10-31(37)26-41-36-13-5-2-9-28(36)22-23-38(41)42/h1-26H/i1D,2D,3D,4D,5D,6D,7D,8D,9D,10D,11D,12D,13D,14D,15D,16D,17D,18D,19D,20D,21D,22D,23D,24D,25D,26D. The van der Waals surface area contributed by atoms with Gasteiger partial charge >= 0.3 is 0 Å². The number of hydrogen-bond donors (Lipinski definition) is 0. The molecule has 0 N–H and O–H groups in total. The van der Waals surface area contributed by atoms with Gasteiger partial charge in [-0.3, -0.25) is 0 Å². The van der Waals surface area contributed by atoms with Crippen LogP contribution in [0.25, 0.3) is 86.9 Å². The Kier molecular flexibility index (Phi) is 1.99. The molecular formula is C42H26. The van der Waals surface area contributed by atoms with E-state index < -0.39 is 244 Å². The third-order valence-corrected chi connectivity index (χ3v) is 6.94. The summed E-state index contributed by atoms with van der Waals surface area (Å²) < 4.78 is 232. The fourth-order valence-electron chi connectivity index (χ4n) is 5.06. The quantitative estimate of drug-likeness (QED) is 0.147. The third-order valence-electron chi connectivity index (χ3n) is 6.94. The minimum absolute atomic E-state index is 0.451. The lowest BCUT2D eigenvalue weighted by molar-refractivity contribution is 1.64. The van der Waals surface area contributed by atoms with Crippen LogP contribution in [0, 0.1) is 0 Å². The van der Waals surface area contributed by atoms with Crippen LogP contribution in [0.4, 0.5) is 0 Å². The van der Waals surface area contributed by atoms with Gasteiger partial charge in [-0.05, 0) is 105 Å². The largest absolute Gasteiger partial charge is 0.0636 e. The van der Waals surface area contributed by atoms with Crippen LogP contribution in [0.3, 0.4) is 0 Å². The first-order chi connectivity index (χ1) is 31.7. The Hall–Kier alpha value is -5.46. The fourth-order valence-corrected chi connectivity index (χ4v) is 5.06. The first kappa shape index (κ1) is 9.28. The van der Waals surface area contributed by atoms with Gasteiger partial charge in [0.05, 0.1) is 35.6 Å². The van der Waals surface area contributed by atoms with Gasteiger partial charge in [0.15, 0.2) is 0 Å². The predicted octanol–water partition coefficient (Wildman–Crippen LogP) is 11.9. The minimum atomic E-state index is -1.06. The van der Waals surface area contributed by atoms with Gasteiger partial charge in [-0.15, -0.1) is 0 Å². The predicted molar refractivity (Wildman–Crippen MR) is 182 cm³/mol. The molecular weight excluding hydrogens is 504 g/mol. The molecule has 9 aromatic rings. The van der Waals surface area contributed by atoms with E-state index in [0.717, 1.165) is 0 Å². The van der Waals surface area contributed by atoms with Crippen molar-refractivity contribution in [1.82, 2.24) is 0 Å². The average Bonchev–Trinajstić information content (AvgIpc) is 3.30. The van der Waals surface area contributed by atoms with Gasteiger partial charge < -0.3 is 0 Å². The molecule has 0 aliphatic rings. The second-order valence-corrected chi connectivity index (χ2v) is 9.25. The molecule has 0 amide bonds.